The molecule has 0 bridgehead atoms. The summed E-state index contributed by atoms with van der Waals surface area (Å²) in [4.78, 5) is 27.2. The first-order valence-electron chi connectivity index (χ1n) is 9.18. The molecule has 4 rings (SSSR count). The van der Waals surface area contributed by atoms with E-state index in [9.17, 15) is 18.0 Å². The number of Topliss-reactive ketones (excluding diaryl/α,β-unsaturated/α-hetero) is 1. The predicted octanol–water partition coefficient (Wildman–Crippen LogP) is 2.73. The number of likely N-dealkylation sites (tertiary alicyclic amines) is 1. The van der Waals surface area contributed by atoms with Crippen LogP contribution in [0, 0.1) is 0 Å². The van der Waals surface area contributed by atoms with Gasteiger partial charge in [-0.15, -0.1) is 0 Å². The Morgan fingerprint density at radius 2 is 1.75 bits per heavy atom. The smallest absolute Gasteiger partial charge is 0.253 e. The van der Waals surface area contributed by atoms with Gasteiger partial charge in [-0.1, -0.05) is 18.2 Å². The summed E-state index contributed by atoms with van der Waals surface area (Å²) in [5.41, 5.74) is 0.332. The molecule has 0 atom stereocenters. The van der Waals surface area contributed by atoms with E-state index < -0.39 is 15.4 Å². The van der Waals surface area contributed by atoms with E-state index in [2.05, 4.69) is 0 Å². The third-order valence-electron chi connectivity index (χ3n) is 5.47. The first-order valence-corrected chi connectivity index (χ1v) is 11.1. The van der Waals surface area contributed by atoms with Crippen LogP contribution in [0.3, 0.4) is 0 Å². The molecule has 2 aromatic rings. The van der Waals surface area contributed by atoms with E-state index in [1.165, 1.54) is 12.1 Å². The minimum atomic E-state index is -3.39. The summed E-state index contributed by atoms with van der Waals surface area (Å²) in [5, 5.41) is 0. The van der Waals surface area contributed by atoms with Crippen molar-refractivity contribution in [3.63, 3.8) is 0 Å². The van der Waals surface area contributed by atoms with Gasteiger partial charge in [0.15, 0.2) is 15.6 Å². The second kappa shape index (κ2) is 6.74. The number of carbonyl (C=O) groups excluding carboxylic acids is 2. The van der Waals surface area contributed by atoms with E-state index in [4.69, 9.17) is 4.74 Å². The number of fused-ring (bicyclic) bond motifs is 1. The average Bonchev–Trinajstić information content (AvgIpc) is 2.68. The van der Waals surface area contributed by atoms with Gasteiger partial charge in [0, 0.05) is 37.8 Å². The monoisotopic (exact) mass is 399 g/mol. The van der Waals surface area contributed by atoms with Crippen molar-refractivity contribution in [2.75, 3.05) is 19.3 Å². The van der Waals surface area contributed by atoms with Crippen LogP contribution in [0.25, 0.3) is 0 Å². The normalized spacial score (nSPS) is 18.5. The second-order valence-electron chi connectivity index (χ2n) is 7.47. The topological polar surface area (TPSA) is 80.8 Å². The SMILES string of the molecule is CS(=O)(=O)c1ccc2c(c1)C(=O)CC1(CCN(C(=O)c3ccccc3)CC1)O2. The summed E-state index contributed by atoms with van der Waals surface area (Å²) < 4.78 is 29.7. The lowest BCUT2D eigenvalue weighted by Crippen LogP contribution is -2.52. The summed E-state index contributed by atoms with van der Waals surface area (Å²) >= 11 is 0. The molecule has 2 aliphatic rings. The van der Waals surface area contributed by atoms with Crippen LogP contribution >= 0.6 is 0 Å². The molecule has 1 spiro atoms. The van der Waals surface area contributed by atoms with Crippen LogP contribution < -0.4 is 4.74 Å². The third-order valence-corrected chi connectivity index (χ3v) is 6.58. The number of amides is 1. The summed E-state index contributed by atoms with van der Waals surface area (Å²) in [5.74, 6) is 0.289. The Balaban J connectivity index is 1.51. The highest BCUT2D eigenvalue weighted by atomic mass is 32.2. The molecule has 0 aromatic heterocycles. The Kier molecular flexibility index (Phi) is 4.50. The fourth-order valence-electron chi connectivity index (χ4n) is 3.86. The summed E-state index contributed by atoms with van der Waals surface area (Å²) in [6.07, 6.45) is 2.43. The first kappa shape index (κ1) is 18.7. The number of ether oxygens (including phenoxy) is 1. The fraction of sp³-hybridized carbons (Fsp3) is 0.333. The standard InChI is InChI=1S/C21H21NO5S/c1-28(25,26)16-7-8-19-17(13-16)18(23)14-21(27-19)9-11-22(12-10-21)20(24)15-5-3-2-4-6-15/h2-8,13H,9-12,14H2,1H3. The Labute approximate surface area is 164 Å². The molecule has 28 heavy (non-hydrogen) atoms. The molecule has 1 fully saturated rings. The number of piperidine rings is 1. The van der Waals surface area contributed by atoms with Crippen LogP contribution in [-0.4, -0.2) is 50.0 Å². The Hall–Kier alpha value is -2.67. The number of carbonyl (C=O) groups is 2. The number of sulfone groups is 1. The fourth-order valence-corrected chi connectivity index (χ4v) is 4.51. The minimum absolute atomic E-state index is 0.0178. The van der Waals surface area contributed by atoms with Gasteiger partial charge >= 0.3 is 0 Å². The van der Waals surface area contributed by atoms with E-state index in [1.54, 1.807) is 23.1 Å². The molecular formula is C21H21NO5S. The van der Waals surface area contributed by atoms with E-state index >= 15 is 0 Å². The number of benzene rings is 2. The summed E-state index contributed by atoms with van der Waals surface area (Å²) in [7, 11) is -3.39. The molecule has 2 aliphatic heterocycles. The second-order valence-corrected chi connectivity index (χ2v) is 9.49. The van der Waals surface area contributed by atoms with Gasteiger partial charge in [0.25, 0.3) is 5.91 Å². The lowest BCUT2D eigenvalue weighted by atomic mass is 9.82. The van der Waals surface area contributed by atoms with Crippen LogP contribution in [0.2, 0.25) is 0 Å². The molecule has 0 saturated carbocycles. The molecule has 1 saturated heterocycles. The Bertz CT molecular complexity index is 1040. The van der Waals surface area contributed by atoms with Crippen LogP contribution in [0.4, 0.5) is 0 Å². The molecule has 2 aromatic carbocycles. The molecule has 7 heteroatoms. The van der Waals surface area contributed by atoms with Gasteiger partial charge in [0.2, 0.25) is 0 Å². The van der Waals surface area contributed by atoms with Gasteiger partial charge in [0.1, 0.15) is 11.4 Å². The summed E-state index contributed by atoms with van der Waals surface area (Å²) in [6, 6.07) is 13.6. The highest BCUT2D eigenvalue weighted by Gasteiger charge is 2.44. The van der Waals surface area contributed by atoms with Crippen LogP contribution in [0.1, 0.15) is 40.0 Å². The van der Waals surface area contributed by atoms with Gasteiger partial charge in [0.05, 0.1) is 16.9 Å². The number of hydrogen-bond acceptors (Lipinski definition) is 5. The van der Waals surface area contributed by atoms with Crippen molar-refractivity contribution >= 4 is 21.5 Å². The quantitative estimate of drug-likeness (QED) is 0.776. The maximum atomic E-state index is 12.7. The first-order chi connectivity index (χ1) is 13.3. The molecule has 0 N–H and O–H groups in total. The zero-order chi connectivity index (χ0) is 19.9. The molecular weight excluding hydrogens is 378 g/mol. The number of nitrogens with zero attached hydrogens (tertiary/aromatic N) is 1. The highest BCUT2D eigenvalue weighted by molar-refractivity contribution is 7.90. The van der Waals surface area contributed by atoms with Crippen LogP contribution in [0.5, 0.6) is 5.75 Å². The molecule has 2 heterocycles. The van der Waals surface area contributed by atoms with Gasteiger partial charge in [-0.05, 0) is 30.3 Å². The molecule has 0 radical (unpaired) electrons. The zero-order valence-corrected chi connectivity index (χ0v) is 16.4. The molecule has 6 nitrogen and oxygen atoms in total. The van der Waals surface area contributed by atoms with Crippen LogP contribution in [0.15, 0.2) is 53.4 Å². The third kappa shape index (κ3) is 3.42. The van der Waals surface area contributed by atoms with Crippen molar-refractivity contribution in [1.29, 1.82) is 0 Å². The molecule has 1 amide bonds. The van der Waals surface area contributed by atoms with Crippen molar-refractivity contribution in [3.8, 4) is 5.75 Å². The van der Waals surface area contributed by atoms with E-state index in [0.717, 1.165) is 6.26 Å². The van der Waals surface area contributed by atoms with Crippen molar-refractivity contribution in [2.45, 2.75) is 29.8 Å². The Morgan fingerprint density at radius 3 is 2.39 bits per heavy atom. The van der Waals surface area contributed by atoms with Gasteiger partial charge in [-0.25, -0.2) is 8.42 Å². The predicted molar refractivity (Wildman–Crippen MR) is 103 cm³/mol. The molecule has 146 valence electrons. The minimum Gasteiger partial charge on any atom is -0.486 e. The summed E-state index contributed by atoms with van der Waals surface area (Å²) in [6.45, 7) is 1.02. The number of hydrogen-bond donors (Lipinski definition) is 0. The number of ketones is 1. The van der Waals surface area contributed by atoms with Gasteiger partial charge < -0.3 is 9.64 Å². The van der Waals surface area contributed by atoms with Crippen LogP contribution in [-0.2, 0) is 9.84 Å². The lowest BCUT2D eigenvalue weighted by Gasteiger charge is -2.44. The highest BCUT2D eigenvalue weighted by Crippen LogP contribution is 2.40. The number of rotatable bonds is 2. The molecule has 0 unspecified atom stereocenters. The van der Waals surface area contributed by atoms with Crippen molar-refractivity contribution in [1.82, 2.24) is 4.90 Å². The van der Waals surface area contributed by atoms with Crippen molar-refractivity contribution < 1.29 is 22.7 Å². The van der Waals surface area contributed by atoms with Gasteiger partial charge in [-0.2, -0.15) is 0 Å². The molecule has 0 aliphatic carbocycles. The van der Waals surface area contributed by atoms with Crippen molar-refractivity contribution in [2.24, 2.45) is 0 Å². The van der Waals surface area contributed by atoms with E-state index in [1.807, 2.05) is 18.2 Å². The average molecular weight is 399 g/mol. The van der Waals surface area contributed by atoms with E-state index in [-0.39, 0.29) is 23.0 Å². The van der Waals surface area contributed by atoms with E-state index in [0.29, 0.717) is 42.8 Å². The Morgan fingerprint density at radius 1 is 1.07 bits per heavy atom. The maximum absolute atomic E-state index is 12.7. The largest absolute Gasteiger partial charge is 0.486 e. The van der Waals surface area contributed by atoms with Gasteiger partial charge in [-0.3, -0.25) is 9.59 Å². The zero-order valence-electron chi connectivity index (χ0n) is 15.6. The lowest BCUT2D eigenvalue weighted by molar-refractivity contribution is -0.00576. The maximum Gasteiger partial charge on any atom is 0.253 e. The van der Waals surface area contributed by atoms with Crippen molar-refractivity contribution in [3.05, 3.63) is 59.7 Å².